The topological polar surface area (TPSA) is 46.5 Å². The third-order valence-corrected chi connectivity index (χ3v) is 2.71. The Morgan fingerprint density at radius 3 is 2.56 bits per heavy atom. The molecule has 0 aromatic heterocycles. The van der Waals surface area contributed by atoms with E-state index in [2.05, 4.69) is 0 Å². The van der Waals surface area contributed by atoms with Gasteiger partial charge in [-0.1, -0.05) is 6.92 Å². The van der Waals surface area contributed by atoms with Crippen molar-refractivity contribution in [1.82, 2.24) is 0 Å². The number of esters is 1. The van der Waals surface area contributed by atoms with E-state index in [1.54, 1.807) is 6.92 Å². The Balaban J connectivity index is 2.92. The number of phenols is 1. The van der Waals surface area contributed by atoms with Crippen LogP contribution in [0.25, 0.3) is 0 Å². The number of benzene rings is 1. The Bertz CT molecular complexity index is 409. The first kappa shape index (κ1) is 14.4. The summed E-state index contributed by atoms with van der Waals surface area (Å²) < 4.78 is 30.9. The Morgan fingerprint density at radius 2 is 2.06 bits per heavy atom. The number of carbonyl (C=O) groups is 1. The minimum atomic E-state index is -1.27. The van der Waals surface area contributed by atoms with E-state index >= 15 is 0 Å². The molecule has 5 heteroatoms. The zero-order valence-electron chi connectivity index (χ0n) is 10.4. The molecule has 18 heavy (non-hydrogen) atoms. The number of halogens is 2. The second-order valence-electron chi connectivity index (χ2n) is 3.95. The Kier molecular flexibility index (Phi) is 5.07. The number of rotatable bonds is 5. The van der Waals surface area contributed by atoms with Crippen molar-refractivity contribution in [3.63, 3.8) is 0 Å². The van der Waals surface area contributed by atoms with Gasteiger partial charge in [-0.2, -0.15) is 4.39 Å². The fraction of sp³-hybridized carbons (Fsp3) is 0.462. The molecule has 1 unspecified atom stereocenters. The summed E-state index contributed by atoms with van der Waals surface area (Å²) in [6.45, 7) is 3.79. The molecule has 0 bridgehead atoms. The highest BCUT2D eigenvalue weighted by Gasteiger charge is 2.19. The van der Waals surface area contributed by atoms with Crippen LogP contribution in [0.2, 0.25) is 0 Å². The lowest BCUT2D eigenvalue weighted by molar-refractivity contribution is -0.143. The van der Waals surface area contributed by atoms with Gasteiger partial charge in [0.15, 0.2) is 17.4 Å². The second kappa shape index (κ2) is 6.33. The number of carbonyl (C=O) groups excluding carboxylic acids is 1. The second-order valence-corrected chi connectivity index (χ2v) is 3.95. The van der Waals surface area contributed by atoms with E-state index in [0.717, 1.165) is 12.1 Å². The van der Waals surface area contributed by atoms with E-state index in [-0.39, 0.29) is 18.9 Å². The first-order chi connectivity index (χ1) is 8.49. The van der Waals surface area contributed by atoms with E-state index in [1.807, 2.05) is 6.92 Å². The third kappa shape index (κ3) is 3.42. The highest BCUT2D eigenvalue weighted by molar-refractivity contribution is 5.70. The van der Waals surface area contributed by atoms with Gasteiger partial charge in [0.2, 0.25) is 0 Å². The Hall–Kier alpha value is -1.65. The highest BCUT2D eigenvalue weighted by atomic mass is 19.2. The first-order valence-corrected chi connectivity index (χ1v) is 5.83. The molecule has 0 fully saturated rings. The van der Waals surface area contributed by atoms with Crippen LogP contribution in [-0.4, -0.2) is 17.7 Å². The Morgan fingerprint density at radius 1 is 1.39 bits per heavy atom. The molecule has 0 saturated heterocycles. The minimum absolute atomic E-state index is 0.0782. The van der Waals surface area contributed by atoms with Gasteiger partial charge in [-0.15, -0.1) is 0 Å². The van der Waals surface area contributed by atoms with Gasteiger partial charge in [0, 0.05) is 0 Å². The van der Waals surface area contributed by atoms with Gasteiger partial charge in [-0.3, -0.25) is 4.79 Å². The quantitative estimate of drug-likeness (QED) is 0.825. The van der Waals surface area contributed by atoms with Crippen LogP contribution in [0.15, 0.2) is 12.1 Å². The van der Waals surface area contributed by atoms with Gasteiger partial charge in [0.05, 0.1) is 13.0 Å². The van der Waals surface area contributed by atoms with Gasteiger partial charge in [-0.25, -0.2) is 4.39 Å². The zero-order chi connectivity index (χ0) is 13.7. The predicted molar refractivity (Wildman–Crippen MR) is 62.3 cm³/mol. The summed E-state index contributed by atoms with van der Waals surface area (Å²) in [4.78, 5) is 11.4. The van der Waals surface area contributed by atoms with Gasteiger partial charge < -0.3 is 9.84 Å². The molecule has 0 aliphatic rings. The maximum absolute atomic E-state index is 13.2. The fourth-order valence-electron chi connectivity index (χ4n) is 1.75. The Labute approximate surface area is 104 Å². The van der Waals surface area contributed by atoms with Crippen molar-refractivity contribution in [2.75, 3.05) is 6.61 Å². The van der Waals surface area contributed by atoms with E-state index in [4.69, 9.17) is 4.74 Å². The lowest BCUT2D eigenvalue weighted by Gasteiger charge is -2.15. The van der Waals surface area contributed by atoms with Crippen molar-refractivity contribution in [3.8, 4) is 5.75 Å². The monoisotopic (exact) mass is 258 g/mol. The molecule has 0 radical (unpaired) electrons. The van der Waals surface area contributed by atoms with E-state index in [1.165, 1.54) is 0 Å². The van der Waals surface area contributed by atoms with Gasteiger partial charge in [0.25, 0.3) is 0 Å². The van der Waals surface area contributed by atoms with Crippen LogP contribution < -0.4 is 0 Å². The SMILES string of the molecule is CCOC(=O)CC(CC)c1cc(O)c(F)c(F)c1. The van der Waals surface area contributed by atoms with Crippen molar-refractivity contribution >= 4 is 5.97 Å². The maximum atomic E-state index is 13.2. The molecule has 0 spiro atoms. The first-order valence-electron chi connectivity index (χ1n) is 5.83. The number of hydrogen-bond acceptors (Lipinski definition) is 3. The summed E-state index contributed by atoms with van der Waals surface area (Å²) in [6, 6.07) is 2.15. The van der Waals surface area contributed by atoms with Crippen LogP contribution in [0.4, 0.5) is 8.78 Å². The largest absolute Gasteiger partial charge is 0.505 e. The van der Waals surface area contributed by atoms with Gasteiger partial charge >= 0.3 is 5.97 Å². The average Bonchev–Trinajstić information content (AvgIpc) is 2.32. The normalized spacial score (nSPS) is 12.2. The minimum Gasteiger partial charge on any atom is -0.505 e. The lowest BCUT2D eigenvalue weighted by Crippen LogP contribution is -2.10. The van der Waals surface area contributed by atoms with E-state index in [0.29, 0.717) is 12.0 Å². The molecular weight excluding hydrogens is 242 g/mol. The van der Waals surface area contributed by atoms with Crippen molar-refractivity contribution in [3.05, 3.63) is 29.3 Å². The molecule has 1 N–H and O–H groups in total. The highest BCUT2D eigenvalue weighted by Crippen LogP contribution is 2.29. The van der Waals surface area contributed by atoms with Crippen molar-refractivity contribution in [2.45, 2.75) is 32.6 Å². The summed E-state index contributed by atoms with van der Waals surface area (Å²) in [5, 5.41) is 9.23. The van der Waals surface area contributed by atoms with Crippen LogP contribution in [0.3, 0.4) is 0 Å². The molecular formula is C13H16F2O3. The smallest absolute Gasteiger partial charge is 0.306 e. The number of phenolic OH excluding ortho intramolecular Hbond substituents is 1. The summed E-state index contributed by atoms with van der Waals surface area (Å²) in [7, 11) is 0. The molecule has 100 valence electrons. The third-order valence-electron chi connectivity index (χ3n) is 2.71. The number of ether oxygens (including phenoxy) is 1. The van der Waals surface area contributed by atoms with Crippen molar-refractivity contribution in [2.24, 2.45) is 0 Å². The summed E-state index contributed by atoms with van der Waals surface area (Å²) >= 11 is 0. The van der Waals surface area contributed by atoms with Crippen LogP contribution in [0.5, 0.6) is 5.75 Å². The molecule has 0 saturated carbocycles. The van der Waals surface area contributed by atoms with Gasteiger partial charge in [-0.05, 0) is 37.0 Å². The number of aromatic hydroxyl groups is 1. The fourth-order valence-corrected chi connectivity index (χ4v) is 1.75. The summed E-state index contributed by atoms with van der Waals surface area (Å²) in [5.41, 5.74) is 0.391. The average molecular weight is 258 g/mol. The molecule has 0 amide bonds. The molecule has 1 aromatic rings. The standard InChI is InChI=1S/C13H16F2O3/c1-3-8(7-12(17)18-4-2)9-5-10(14)13(15)11(16)6-9/h5-6,8,16H,3-4,7H2,1-2H3. The van der Waals surface area contributed by atoms with Crippen molar-refractivity contribution < 1.29 is 23.4 Å². The van der Waals surface area contributed by atoms with Crippen molar-refractivity contribution in [1.29, 1.82) is 0 Å². The molecule has 1 rings (SSSR count). The lowest BCUT2D eigenvalue weighted by atomic mass is 9.93. The predicted octanol–water partition coefficient (Wildman–Crippen LogP) is 3.12. The van der Waals surface area contributed by atoms with Crippen LogP contribution in [0.1, 0.15) is 38.2 Å². The molecule has 1 atom stereocenters. The molecule has 3 nitrogen and oxygen atoms in total. The molecule has 0 aliphatic carbocycles. The molecule has 1 aromatic carbocycles. The zero-order valence-corrected chi connectivity index (χ0v) is 10.4. The maximum Gasteiger partial charge on any atom is 0.306 e. The summed E-state index contributed by atoms with van der Waals surface area (Å²) in [5.74, 6) is -3.83. The van der Waals surface area contributed by atoms with Crippen LogP contribution in [-0.2, 0) is 9.53 Å². The van der Waals surface area contributed by atoms with Crippen LogP contribution >= 0.6 is 0 Å². The van der Waals surface area contributed by atoms with Gasteiger partial charge in [0.1, 0.15) is 0 Å². The number of hydrogen-bond donors (Lipinski definition) is 1. The molecule has 0 aliphatic heterocycles. The molecule has 0 heterocycles. The summed E-state index contributed by atoms with van der Waals surface area (Å²) in [6.07, 6.45) is 0.637. The van der Waals surface area contributed by atoms with E-state index < -0.39 is 23.4 Å². The van der Waals surface area contributed by atoms with E-state index in [9.17, 15) is 18.7 Å². The van der Waals surface area contributed by atoms with Crippen LogP contribution in [0, 0.1) is 11.6 Å².